The molecule has 1 heterocycles. The molecule has 3 N–H and O–H groups in total. The Morgan fingerprint density at radius 2 is 2.05 bits per heavy atom. The SMILES string of the molecule is CC(=O)Nc1ccccc1Oc1nc(Cl)nc(C)c1N. The van der Waals surface area contributed by atoms with Crippen LogP contribution in [0.3, 0.4) is 0 Å². The number of rotatable bonds is 3. The van der Waals surface area contributed by atoms with Crippen LogP contribution in [0.5, 0.6) is 11.6 Å². The third kappa shape index (κ3) is 3.16. The monoisotopic (exact) mass is 292 g/mol. The van der Waals surface area contributed by atoms with Gasteiger partial charge in [0.1, 0.15) is 5.69 Å². The van der Waals surface area contributed by atoms with Crippen LogP contribution in [0.25, 0.3) is 0 Å². The number of para-hydroxylation sites is 2. The largest absolute Gasteiger partial charge is 0.435 e. The molecule has 7 heteroatoms. The van der Waals surface area contributed by atoms with Crippen LogP contribution in [0.15, 0.2) is 24.3 Å². The molecule has 2 aromatic rings. The van der Waals surface area contributed by atoms with E-state index in [1.165, 1.54) is 6.92 Å². The minimum atomic E-state index is -0.203. The predicted molar refractivity (Wildman–Crippen MR) is 77.0 cm³/mol. The van der Waals surface area contributed by atoms with Crippen LogP contribution in [0.2, 0.25) is 5.28 Å². The van der Waals surface area contributed by atoms with Gasteiger partial charge >= 0.3 is 0 Å². The quantitative estimate of drug-likeness (QED) is 0.849. The molecule has 0 atom stereocenters. The van der Waals surface area contributed by atoms with Gasteiger partial charge in [0.05, 0.1) is 11.4 Å². The number of aromatic nitrogens is 2. The van der Waals surface area contributed by atoms with E-state index < -0.39 is 0 Å². The summed E-state index contributed by atoms with van der Waals surface area (Å²) in [6, 6.07) is 6.95. The summed E-state index contributed by atoms with van der Waals surface area (Å²) >= 11 is 5.78. The van der Waals surface area contributed by atoms with Crippen molar-refractivity contribution >= 4 is 28.9 Å². The van der Waals surface area contributed by atoms with Crippen molar-refractivity contribution in [3.05, 3.63) is 35.2 Å². The number of nitrogen functional groups attached to an aromatic ring is 1. The van der Waals surface area contributed by atoms with Gasteiger partial charge in [-0.15, -0.1) is 0 Å². The molecule has 0 saturated carbocycles. The van der Waals surface area contributed by atoms with Crippen molar-refractivity contribution in [1.82, 2.24) is 9.97 Å². The van der Waals surface area contributed by atoms with Gasteiger partial charge in [-0.3, -0.25) is 4.79 Å². The van der Waals surface area contributed by atoms with Crippen LogP contribution in [0.4, 0.5) is 11.4 Å². The van der Waals surface area contributed by atoms with Gasteiger partial charge in [0, 0.05) is 6.92 Å². The molecule has 6 nitrogen and oxygen atoms in total. The van der Waals surface area contributed by atoms with Crippen LogP contribution in [0, 0.1) is 6.92 Å². The van der Waals surface area contributed by atoms with E-state index in [1.807, 2.05) is 0 Å². The minimum absolute atomic E-state index is 0.0451. The molecule has 1 aromatic heterocycles. The Kier molecular flexibility index (Phi) is 4.05. The summed E-state index contributed by atoms with van der Waals surface area (Å²) < 4.78 is 5.63. The highest BCUT2D eigenvalue weighted by molar-refractivity contribution is 6.28. The van der Waals surface area contributed by atoms with Crippen LogP contribution in [-0.4, -0.2) is 15.9 Å². The van der Waals surface area contributed by atoms with Gasteiger partial charge in [-0.25, -0.2) is 4.98 Å². The van der Waals surface area contributed by atoms with Crippen molar-refractivity contribution in [2.24, 2.45) is 0 Å². The van der Waals surface area contributed by atoms with E-state index in [9.17, 15) is 4.79 Å². The zero-order chi connectivity index (χ0) is 14.7. The number of nitrogens with one attached hydrogen (secondary N) is 1. The van der Waals surface area contributed by atoms with Gasteiger partial charge in [0.2, 0.25) is 17.1 Å². The molecule has 20 heavy (non-hydrogen) atoms. The van der Waals surface area contributed by atoms with Gasteiger partial charge < -0.3 is 15.8 Å². The van der Waals surface area contributed by atoms with Gasteiger partial charge in [-0.1, -0.05) is 12.1 Å². The van der Waals surface area contributed by atoms with E-state index in [-0.39, 0.29) is 17.1 Å². The normalized spacial score (nSPS) is 10.2. The lowest BCUT2D eigenvalue weighted by atomic mass is 10.3. The zero-order valence-electron chi connectivity index (χ0n) is 11.0. The van der Waals surface area contributed by atoms with Crippen LogP contribution < -0.4 is 15.8 Å². The highest BCUT2D eigenvalue weighted by atomic mass is 35.5. The lowest BCUT2D eigenvalue weighted by Crippen LogP contribution is -2.07. The lowest BCUT2D eigenvalue weighted by molar-refractivity contribution is -0.114. The van der Waals surface area contributed by atoms with Crippen molar-refractivity contribution in [2.45, 2.75) is 13.8 Å². The number of carbonyl (C=O) groups excluding carboxylic acids is 1. The number of halogens is 1. The second kappa shape index (κ2) is 5.75. The first kappa shape index (κ1) is 14.1. The number of nitrogens with two attached hydrogens (primary N) is 1. The molecule has 0 aliphatic carbocycles. The number of hydrogen-bond acceptors (Lipinski definition) is 5. The Balaban J connectivity index is 2.37. The highest BCUT2D eigenvalue weighted by Gasteiger charge is 2.12. The first-order valence-electron chi connectivity index (χ1n) is 5.81. The Labute approximate surface area is 120 Å². The number of anilines is 2. The van der Waals surface area contributed by atoms with E-state index in [0.717, 1.165) is 0 Å². The zero-order valence-corrected chi connectivity index (χ0v) is 11.7. The number of aryl methyl sites for hydroxylation is 1. The molecule has 0 saturated heterocycles. The van der Waals surface area contributed by atoms with Crippen molar-refractivity contribution in [3.63, 3.8) is 0 Å². The lowest BCUT2D eigenvalue weighted by Gasteiger charge is -2.12. The maximum absolute atomic E-state index is 11.2. The fourth-order valence-electron chi connectivity index (χ4n) is 1.55. The third-order valence-electron chi connectivity index (χ3n) is 2.48. The summed E-state index contributed by atoms with van der Waals surface area (Å²) in [4.78, 5) is 19.0. The number of carbonyl (C=O) groups is 1. The molecule has 1 aromatic carbocycles. The van der Waals surface area contributed by atoms with E-state index in [4.69, 9.17) is 22.1 Å². The molecular formula is C13H13ClN4O2. The minimum Gasteiger partial charge on any atom is -0.435 e. The summed E-state index contributed by atoms with van der Waals surface area (Å²) in [6.07, 6.45) is 0. The first-order valence-corrected chi connectivity index (χ1v) is 6.19. The fraction of sp³-hybridized carbons (Fsp3) is 0.154. The second-order valence-electron chi connectivity index (χ2n) is 4.08. The van der Waals surface area contributed by atoms with E-state index >= 15 is 0 Å². The Hall–Kier alpha value is -2.34. The Bertz CT molecular complexity index is 661. The standard InChI is InChI=1S/C13H13ClN4O2/c1-7-11(15)12(18-13(14)16-7)20-10-6-4-3-5-9(10)17-8(2)19/h3-6H,15H2,1-2H3,(H,17,19). The molecule has 0 radical (unpaired) electrons. The Morgan fingerprint density at radius 1 is 1.35 bits per heavy atom. The van der Waals surface area contributed by atoms with Crippen molar-refractivity contribution < 1.29 is 9.53 Å². The van der Waals surface area contributed by atoms with E-state index in [0.29, 0.717) is 22.8 Å². The molecule has 1 amide bonds. The number of ether oxygens (including phenoxy) is 1. The molecular weight excluding hydrogens is 280 g/mol. The average Bonchev–Trinajstić information content (AvgIpc) is 2.37. The Morgan fingerprint density at radius 3 is 2.75 bits per heavy atom. The summed E-state index contributed by atoms with van der Waals surface area (Å²) in [5.41, 5.74) is 7.20. The smallest absolute Gasteiger partial charge is 0.247 e. The molecule has 0 bridgehead atoms. The number of nitrogens with zero attached hydrogens (tertiary/aromatic N) is 2. The highest BCUT2D eigenvalue weighted by Crippen LogP contribution is 2.32. The summed E-state index contributed by atoms with van der Waals surface area (Å²) in [7, 11) is 0. The third-order valence-corrected chi connectivity index (χ3v) is 2.65. The molecule has 0 fully saturated rings. The topological polar surface area (TPSA) is 90.1 Å². The average molecular weight is 293 g/mol. The van der Waals surface area contributed by atoms with E-state index in [2.05, 4.69) is 15.3 Å². The molecule has 0 spiro atoms. The van der Waals surface area contributed by atoms with Gasteiger partial charge in [0.15, 0.2) is 5.75 Å². The number of amides is 1. The maximum atomic E-state index is 11.2. The second-order valence-corrected chi connectivity index (χ2v) is 4.41. The summed E-state index contributed by atoms with van der Waals surface area (Å²) in [5.74, 6) is 0.370. The van der Waals surface area contributed by atoms with Crippen molar-refractivity contribution in [3.8, 4) is 11.6 Å². The van der Waals surface area contributed by atoms with Gasteiger partial charge in [-0.05, 0) is 30.7 Å². The van der Waals surface area contributed by atoms with E-state index in [1.54, 1.807) is 31.2 Å². The molecule has 104 valence electrons. The fourth-order valence-corrected chi connectivity index (χ4v) is 1.76. The van der Waals surface area contributed by atoms with Crippen molar-refractivity contribution in [1.29, 1.82) is 0 Å². The summed E-state index contributed by atoms with van der Waals surface area (Å²) in [5, 5.41) is 2.71. The molecule has 0 aliphatic heterocycles. The first-order chi connectivity index (χ1) is 9.47. The molecule has 0 unspecified atom stereocenters. The van der Waals surface area contributed by atoms with Crippen LogP contribution in [0.1, 0.15) is 12.6 Å². The molecule has 2 rings (SSSR count). The predicted octanol–water partition coefficient (Wildman–Crippen LogP) is 2.77. The number of hydrogen-bond donors (Lipinski definition) is 2. The van der Waals surface area contributed by atoms with Crippen LogP contribution in [-0.2, 0) is 4.79 Å². The maximum Gasteiger partial charge on any atom is 0.247 e. The molecule has 0 aliphatic rings. The number of benzene rings is 1. The van der Waals surface area contributed by atoms with Crippen LogP contribution >= 0.6 is 11.6 Å². The van der Waals surface area contributed by atoms with Gasteiger partial charge in [-0.2, -0.15) is 4.98 Å². The van der Waals surface area contributed by atoms with Crippen molar-refractivity contribution in [2.75, 3.05) is 11.1 Å². The summed E-state index contributed by atoms with van der Waals surface area (Å²) in [6.45, 7) is 3.12. The van der Waals surface area contributed by atoms with Gasteiger partial charge in [0.25, 0.3) is 0 Å².